The molecule has 1 unspecified atom stereocenters. The SMILES string of the molecule is CC1CNc2ncnc(N3CCCC3)c2O1. The summed E-state index contributed by atoms with van der Waals surface area (Å²) in [6.07, 6.45) is 4.27. The van der Waals surface area contributed by atoms with Crippen LogP contribution in [0.5, 0.6) is 5.75 Å². The molecule has 0 aromatic carbocycles. The third-order valence-electron chi connectivity index (χ3n) is 3.07. The Balaban J connectivity index is 1.98. The molecule has 2 aliphatic rings. The van der Waals surface area contributed by atoms with Crippen molar-refractivity contribution in [2.45, 2.75) is 25.9 Å². The molecule has 0 saturated carbocycles. The van der Waals surface area contributed by atoms with Gasteiger partial charge in [-0.3, -0.25) is 0 Å². The lowest BCUT2D eigenvalue weighted by Gasteiger charge is -2.28. The number of anilines is 2. The molecule has 3 rings (SSSR count). The van der Waals surface area contributed by atoms with Crippen molar-refractivity contribution in [1.29, 1.82) is 0 Å². The van der Waals surface area contributed by atoms with E-state index in [-0.39, 0.29) is 6.10 Å². The molecule has 3 heterocycles. The summed E-state index contributed by atoms with van der Waals surface area (Å²) in [5.74, 6) is 2.60. The van der Waals surface area contributed by atoms with E-state index in [9.17, 15) is 0 Å². The Hall–Kier alpha value is -1.52. The Morgan fingerprint density at radius 3 is 3.00 bits per heavy atom. The van der Waals surface area contributed by atoms with Gasteiger partial charge >= 0.3 is 0 Å². The van der Waals surface area contributed by atoms with Gasteiger partial charge in [-0.1, -0.05) is 0 Å². The Morgan fingerprint density at radius 1 is 1.38 bits per heavy atom. The molecule has 1 fully saturated rings. The molecular formula is C11H16N4O. The van der Waals surface area contributed by atoms with Crippen molar-refractivity contribution in [2.75, 3.05) is 29.9 Å². The monoisotopic (exact) mass is 220 g/mol. The zero-order valence-electron chi connectivity index (χ0n) is 9.44. The van der Waals surface area contributed by atoms with Crippen molar-refractivity contribution in [3.63, 3.8) is 0 Å². The van der Waals surface area contributed by atoms with Crippen LogP contribution in [0.15, 0.2) is 6.33 Å². The maximum absolute atomic E-state index is 5.85. The number of nitrogens with one attached hydrogen (secondary N) is 1. The van der Waals surface area contributed by atoms with Crippen molar-refractivity contribution < 1.29 is 4.74 Å². The average Bonchev–Trinajstić information content (AvgIpc) is 2.81. The number of fused-ring (bicyclic) bond motifs is 1. The van der Waals surface area contributed by atoms with E-state index in [0.29, 0.717) is 0 Å². The number of hydrogen-bond acceptors (Lipinski definition) is 5. The average molecular weight is 220 g/mol. The molecule has 0 bridgehead atoms. The predicted molar refractivity (Wildman–Crippen MR) is 62.1 cm³/mol. The fourth-order valence-corrected chi connectivity index (χ4v) is 2.24. The Kier molecular flexibility index (Phi) is 2.31. The van der Waals surface area contributed by atoms with Gasteiger partial charge in [0.15, 0.2) is 11.6 Å². The van der Waals surface area contributed by atoms with Crippen LogP contribution in [0.25, 0.3) is 0 Å². The highest BCUT2D eigenvalue weighted by molar-refractivity contribution is 5.66. The number of aromatic nitrogens is 2. The third kappa shape index (κ3) is 1.56. The first-order chi connectivity index (χ1) is 7.84. The first-order valence-corrected chi connectivity index (χ1v) is 5.85. The minimum Gasteiger partial charge on any atom is -0.482 e. The summed E-state index contributed by atoms with van der Waals surface area (Å²) in [6, 6.07) is 0. The maximum Gasteiger partial charge on any atom is 0.204 e. The first kappa shape index (κ1) is 9.69. The van der Waals surface area contributed by atoms with Crippen LogP contribution in [0.3, 0.4) is 0 Å². The van der Waals surface area contributed by atoms with Crippen LogP contribution < -0.4 is 15.0 Å². The molecule has 1 aromatic rings. The Morgan fingerprint density at radius 2 is 2.19 bits per heavy atom. The lowest BCUT2D eigenvalue weighted by molar-refractivity contribution is 0.224. The van der Waals surface area contributed by atoms with Gasteiger partial charge in [0.2, 0.25) is 5.75 Å². The van der Waals surface area contributed by atoms with Gasteiger partial charge in [0.1, 0.15) is 12.4 Å². The van der Waals surface area contributed by atoms with E-state index in [2.05, 4.69) is 27.1 Å². The Bertz CT molecular complexity index is 390. The molecular weight excluding hydrogens is 204 g/mol. The fraction of sp³-hybridized carbons (Fsp3) is 0.636. The molecule has 2 aliphatic heterocycles. The smallest absolute Gasteiger partial charge is 0.204 e. The third-order valence-corrected chi connectivity index (χ3v) is 3.07. The van der Waals surface area contributed by atoms with Crippen molar-refractivity contribution in [2.24, 2.45) is 0 Å². The van der Waals surface area contributed by atoms with E-state index in [4.69, 9.17) is 4.74 Å². The minimum absolute atomic E-state index is 0.180. The highest BCUT2D eigenvalue weighted by atomic mass is 16.5. The molecule has 0 radical (unpaired) electrons. The normalized spacial score (nSPS) is 23.6. The summed E-state index contributed by atoms with van der Waals surface area (Å²) in [5, 5.41) is 3.27. The molecule has 5 nitrogen and oxygen atoms in total. The fourth-order valence-electron chi connectivity index (χ4n) is 2.24. The van der Waals surface area contributed by atoms with Gasteiger partial charge in [0.25, 0.3) is 0 Å². The van der Waals surface area contributed by atoms with Crippen LogP contribution in [-0.4, -0.2) is 35.7 Å². The summed E-state index contributed by atoms with van der Waals surface area (Å²) in [7, 11) is 0. The van der Waals surface area contributed by atoms with Gasteiger partial charge < -0.3 is 15.0 Å². The lowest BCUT2D eigenvalue weighted by atomic mass is 10.3. The van der Waals surface area contributed by atoms with Gasteiger partial charge in [-0.25, -0.2) is 9.97 Å². The number of hydrogen-bond donors (Lipinski definition) is 1. The van der Waals surface area contributed by atoms with Crippen molar-refractivity contribution in [3.8, 4) is 5.75 Å². The maximum atomic E-state index is 5.85. The lowest BCUT2D eigenvalue weighted by Crippen LogP contribution is -2.31. The molecule has 1 N–H and O–H groups in total. The van der Waals surface area contributed by atoms with Gasteiger partial charge in [-0.05, 0) is 19.8 Å². The summed E-state index contributed by atoms with van der Waals surface area (Å²) in [5.41, 5.74) is 0. The van der Waals surface area contributed by atoms with E-state index < -0.39 is 0 Å². The highest BCUT2D eigenvalue weighted by Crippen LogP contribution is 2.36. The molecule has 1 aromatic heterocycles. The molecule has 5 heteroatoms. The molecule has 0 spiro atoms. The van der Waals surface area contributed by atoms with Crippen LogP contribution in [-0.2, 0) is 0 Å². The van der Waals surface area contributed by atoms with E-state index >= 15 is 0 Å². The summed E-state index contributed by atoms with van der Waals surface area (Å²) in [6.45, 7) is 5.00. The molecule has 86 valence electrons. The minimum atomic E-state index is 0.180. The van der Waals surface area contributed by atoms with Gasteiger partial charge in [0, 0.05) is 13.1 Å². The summed E-state index contributed by atoms with van der Waals surface area (Å²) >= 11 is 0. The molecule has 0 amide bonds. The van der Waals surface area contributed by atoms with Crippen molar-refractivity contribution >= 4 is 11.6 Å². The van der Waals surface area contributed by atoms with E-state index in [1.165, 1.54) is 12.8 Å². The summed E-state index contributed by atoms with van der Waals surface area (Å²) in [4.78, 5) is 10.8. The molecule has 1 atom stereocenters. The first-order valence-electron chi connectivity index (χ1n) is 5.85. The number of ether oxygens (including phenoxy) is 1. The van der Waals surface area contributed by atoms with E-state index in [0.717, 1.165) is 37.0 Å². The van der Waals surface area contributed by atoms with Gasteiger partial charge in [0.05, 0.1) is 6.54 Å². The van der Waals surface area contributed by atoms with Gasteiger partial charge in [-0.2, -0.15) is 0 Å². The standard InChI is InChI=1S/C11H16N4O/c1-8-6-12-10-9(16-8)11(14-7-13-10)15-4-2-3-5-15/h7-8H,2-6H2,1H3,(H,12,13,14). The Labute approximate surface area is 94.8 Å². The molecule has 1 saturated heterocycles. The van der Waals surface area contributed by atoms with Crippen LogP contribution in [0.4, 0.5) is 11.6 Å². The van der Waals surface area contributed by atoms with Crippen LogP contribution >= 0.6 is 0 Å². The zero-order chi connectivity index (χ0) is 11.0. The second-order valence-corrected chi connectivity index (χ2v) is 4.38. The van der Waals surface area contributed by atoms with Gasteiger partial charge in [-0.15, -0.1) is 0 Å². The van der Waals surface area contributed by atoms with E-state index in [1.807, 2.05) is 0 Å². The van der Waals surface area contributed by atoms with E-state index in [1.54, 1.807) is 6.33 Å². The number of rotatable bonds is 1. The van der Waals surface area contributed by atoms with Crippen molar-refractivity contribution in [3.05, 3.63) is 6.33 Å². The molecule has 16 heavy (non-hydrogen) atoms. The summed E-state index contributed by atoms with van der Waals surface area (Å²) < 4.78 is 5.85. The number of nitrogens with zero attached hydrogens (tertiary/aromatic N) is 3. The zero-order valence-corrected chi connectivity index (χ0v) is 9.44. The molecule has 0 aliphatic carbocycles. The topological polar surface area (TPSA) is 50.3 Å². The largest absolute Gasteiger partial charge is 0.482 e. The highest BCUT2D eigenvalue weighted by Gasteiger charge is 2.25. The van der Waals surface area contributed by atoms with Crippen LogP contribution in [0.2, 0.25) is 0 Å². The van der Waals surface area contributed by atoms with Crippen molar-refractivity contribution in [1.82, 2.24) is 9.97 Å². The quantitative estimate of drug-likeness (QED) is 0.772. The predicted octanol–water partition coefficient (Wildman–Crippen LogP) is 1.27. The van der Waals surface area contributed by atoms with Crippen LogP contribution in [0.1, 0.15) is 19.8 Å². The second-order valence-electron chi connectivity index (χ2n) is 4.38. The second kappa shape index (κ2) is 3.81. The van der Waals surface area contributed by atoms with Crippen LogP contribution in [0, 0.1) is 0 Å².